The van der Waals surface area contributed by atoms with E-state index in [1.165, 1.54) is 11.1 Å². The lowest BCUT2D eigenvalue weighted by Gasteiger charge is -2.30. The number of nitrogens with two attached hydrogens (primary N) is 1. The Morgan fingerprint density at radius 3 is 2.94 bits per heavy atom. The third kappa shape index (κ3) is 1.30. The van der Waals surface area contributed by atoms with Crippen LogP contribution in [0.2, 0.25) is 0 Å². The van der Waals surface area contributed by atoms with Crippen molar-refractivity contribution in [3.8, 4) is 0 Å². The van der Waals surface area contributed by atoms with Crippen molar-refractivity contribution in [2.24, 2.45) is 0 Å². The van der Waals surface area contributed by atoms with Gasteiger partial charge in [-0.3, -0.25) is 0 Å². The van der Waals surface area contributed by atoms with Crippen molar-refractivity contribution in [3.63, 3.8) is 0 Å². The van der Waals surface area contributed by atoms with E-state index in [9.17, 15) is 0 Å². The van der Waals surface area contributed by atoms with Gasteiger partial charge in [0, 0.05) is 5.92 Å². The van der Waals surface area contributed by atoms with Crippen LogP contribution in [0.15, 0.2) is 24.3 Å². The van der Waals surface area contributed by atoms with Gasteiger partial charge < -0.3 is 5.73 Å². The quantitative estimate of drug-likeness (QED) is 0.824. The first-order valence-electron chi connectivity index (χ1n) is 5.49. The van der Waals surface area contributed by atoms with E-state index in [1.54, 1.807) is 0 Å². The van der Waals surface area contributed by atoms with Crippen molar-refractivity contribution in [1.82, 2.24) is 15.0 Å². The zero-order valence-corrected chi connectivity index (χ0v) is 9.22. The summed E-state index contributed by atoms with van der Waals surface area (Å²) in [6.45, 7) is 2.84. The van der Waals surface area contributed by atoms with Crippen LogP contribution >= 0.6 is 0 Å². The molecule has 0 radical (unpaired) electrons. The first kappa shape index (κ1) is 9.39. The summed E-state index contributed by atoms with van der Waals surface area (Å²) in [6, 6.07) is 8.56. The van der Waals surface area contributed by atoms with Crippen molar-refractivity contribution in [2.45, 2.75) is 25.8 Å². The third-order valence-corrected chi connectivity index (χ3v) is 3.37. The van der Waals surface area contributed by atoms with Gasteiger partial charge in [-0.2, -0.15) is 0 Å². The fourth-order valence-electron chi connectivity index (χ4n) is 2.28. The van der Waals surface area contributed by atoms with Gasteiger partial charge in [0.05, 0.1) is 12.2 Å². The largest absolute Gasteiger partial charge is 0.381 e. The summed E-state index contributed by atoms with van der Waals surface area (Å²) in [4.78, 5) is 0. The molecular formula is C12H14N4. The van der Waals surface area contributed by atoms with Gasteiger partial charge in [0.25, 0.3) is 0 Å². The monoisotopic (exact) mass is 214 g/mol. The third-order valence-electron chi connectivity index (χ3n) is 3.37. The molecule has 1 aliphatic rings. The van der Waals surface area contributed by atoms with E-state index in [4.69, 9.17) is 5.73 Å². The van der Waals surface area contributed by atoms with Gasteiger partial charge in [-0.15, -0.1) is 5.10 Å². The minimum Gasteiger partial charge on any atom is -0.381 e. The number of nitrogen functional groups attached to an aromatic ring is 1. The molecule has 0 bridgehead atoms. The Bertz CT molecular complexity index is 530. The molecule has 4 heteroatoms. The van der Waals surface area contributed by atoms with Crippen LogP contribution in [0.1, 0.15) is 22.7 Å². The predicted octanol–water partition coefficient (Wildman–Crippen LogP) is 1.51. The maximum absolute atomic E-state index is 5.68. The first-order valence-corrected chi connectivity index (χ1v) is 5.49. The normalized spacial score (nSPS) is 17.9. The Balaban J connectivity index is 1.82. The molecule has 1 aromatic carbocycles. The molecule has 82 valence electrons. The van der Waals surface area contributed by atoms with Crippen LogP contribution in [0.3, 0.4) is 0 Å². The van der Waals surface area contributed by atoms with Gasteiger partial charge in [0.2, 0.25) is 0 Å². The molecule has 16 heavy (non-hydrogen) atoms. The highest BCUT2D eigenvalue weighted by atomic mass is 15.4. The number of anilines is 1. The fraction of sp³-hybridized carbons (Fsp3) is 0.333. The molecular weight excluding hydrogens is 200 g/mol. The van der Waals surface area contributed by atoms with Crippen molar-refractivity contribution >= 4 is 5.82 Å². The molecule has 1 aromatic heterocycles. The van der Waals surface area contributed by atoms with E-state index >= 15 is 0 Å². The highest BCUT2D eigenvalue weighted by molar-refractivity contribution is 5.40. The number of benzene rings is 1. The second-order valence-electron chi connectivity index (χ2n) is 4.34. The zero-order valence-electron chi connectivity index (χ0n) is 9.22. The van der Waals surface area contributed by atoms with Gasteiger partial charge >= 0.3 is 0 Å². The van der Waals surface area contributed by atoms with E-state index in [0.717, 1.165) is 18.7 Å². The van der Waals surface area contributed by atoms with E-state index in [2.05, 4.69) is 34.6 Å². The Kier molecular flexibility index (Phi) is 1.96. The van der Waals surface area contributed by atoms with Crippen molar-refractivity contribution in [3.05, 3.63) is 41.1 Å². The smallest absolute Gasteiger partial charge is 0.168 e. The molecule has 1 aliphatic carbocycles. The summed E-state index contributed by atoms with van der Waals surface area (Å²) in [6.07, 6.45) is 1.13. The highest BCUT2D eigenvalue weighted by Crippen LogP contribution is 2.35. The summed E-state index contributed by atoms with van der Waals surface area (Å²) in [5.41, 5.74) is 9.54. The number of hydrogen-bond donors (Lipinski definition) is 1. The van der Waals surface area contributed by atoms with Crippen LogP contribution < -0.4 is 5.73 Å². The molecule has 4 nitrogen and oxygen atoms in total. The van der Waals surface area contributed by atoms with Crippen LogP contribution in [0.25, 0.3) is 0 Å². The average Bonchev–Trinajstić information content (AvgIpc) is 2.57. The topological polar surface area (TPSA) is 56.7 Å². The molecule has 2 N–H and O–H groups in total. The minimum absolute atomic E-state index is 0.535. The summed E-state index contributed by atoms with van der Waals surface area (Å²) in [5.74, 6) is 1.10. The van der Waals surface area contributed by atoms with Gasteiger partial charge in [0.1, 0.15) is 0 Å². The van der Waals surface area contributed by atoms with Gasteiger partial charge in [-0.25, -0.2) is 4.68 Å². The van der Waals surface area contributed by atoms with Crippen molar-refractivity contribution in [2.75, 3.05) is 5.73 Å². The number of aromatic nitrogens is 3. The summed E-state index contributed by atoms with van der Waals surface area (Å²) < 4.78 is 1.90. The van der Waals surface area contributed by atoms with E-state index < -0.39 is 0 Å². The Morgan fingerprint density at radius 1 is 1.44 bits per heavy atom. The maximum Gasteiger partial charge on any atom is 0.168 e. The molecule has 0 saturated heterocycles. The van der Waals surface area contributed by atoms with E-state index in [0.29, 0.717) is 11.7 Å². The Hall–Kier alpha value is -1.84. The molecule has 2 aromatic rings. The minimum atomic E-state index is 0.535. The first-order chi connectivity index (χ1) is 7.75. The van der Waals surface area contributed by atoms with Gasteiger partial charge in [-0.1, -0.05) is 29.5 Å². The van der Waals surface area contributed by atoms with Crippen LogP contribution in [0.5, 0.6) is 0 Å². The molecule has 0 saturated carbocycles. The van der Waals surface area contributed by atoms with Gasteiger partial charge in [0.15, 0.2) is 5.82 Å². The van der Waals surface area contributed by atoms with Crippen molar-refractivity contribution < 1.29 is 0 Å². The van der Waals surface area contributed by atoms with Crippen LogP contribution in [0, 0.1) is 6.92 Å². The zero-order chi connectivity index (χ0) is 11.1. The molecule has 1 unspecified atom stereocenters. The van der Waals surface area contributed by atoms with E-state index in [-0.39, 0.29) is 0 Å². The van der Waals surface area contributed by atoms with E-state index in [1.807, 2.05) is 11.6 Å². The highest BCUT2D eigenvalue weighted by Gasteiger charge is 2.26. The van der Waals surface area contributed by atoms with Crippen LogP contribution in [0.4, 0.5) is 5.82 Å². The van der Waals surface area contributed by atoms with Crippen molar-refractivity contribution in [1.29, 1.82) is 0 Å². The molecule has 0 fully saturated rings. The second kappa shape index (κ2) is 3.33. The molecule has 3 rings (SSSR count). The Morgan fingerprint density at radius 2 is 2.25 bits per heavy atom. The second-order valence-corrected chi connectivity index (χ2v) is 4.34. The number of nitrogens with zero attached hydrogens (tertiary/aromatic N) is 3. The average molecular weight is 214 g/mol. The number of fused-ring (bicyclic) bond motifs is 1. The van der Waals surface area contributed by atoms with Gasteiger partial charge in [-0.05, 0) is 24.5 Å². The standard InChI is InChI=1S/C12H14N4/c1-8-12(13)14-15-16(8)7-10-6-9-4-2-3-5-11(9)10/h2-5,10H,6-7,13H2,1H3. The predicted molar refractivity (Wildman–Crippen MR) is 62.1 cm³/mol. The molecule has 1 heterocycles. The maximum atomic E-state index is 5.68. The SMILES string of the molecule is Cc1c(N)nnn1CC1Cc2ccccc21. The molecule has 0 spiro atoms. The molecule has 0 aliphatic heterocycles. The Labute approximate surface area is 94.1 Å². The summed E-state index contributed by atoms with van der Waals surface area (Å²) >= 11 is 0. The van der Waals surface area contributed by atoms with Crippen LogP contribution in [-0.2, 0) is 13.0 Å². The lowest BCUT2D eigenvalue weighted by Crippen LogP contribution is -2.23. The molecule has 0 amide bonds. The van der Waals surface area contributed by atoms with Crippen LogP contribution in [-0.4, -0.2) is 15.0 Å². The summed E-state index contributed by atoms with van der Waals surface area (Å²) in [7, 11) is 0. The molecule has 1 atom stereocenters. The number of hydrogen-bond acceptors (Lipinski definition) is 3. The lowest BCUT2D eigenvalue weighted by molar-refractivity contribution is 0.458. The number of rotatable bonds is 2. The summed E-state index contributed by atoms with van der Waals surface area (Å²) in [5, 5.41) is 7.93. The lowest BCUT2D eigenvalue weighted by atomic mass is 9.77. The fourth-order valence-corrected chi connectivity index (χ4v) is 2.28.